The van der Waals surface area contributed by atoms with E-state index >= 15 is 0 Å². The molecule has 1 aromatic rings. The van der Waals surface area contributed by atoms with Crippen molar-refractivity contribution < 1.29 is 9.31 Å². The molecule has 5 heteroatoms. The van der Waals surface area contributed by atoms with Gasteiger partial charge in [0.25, 0.3) is 0 Å². The van der Waals surface area contributed by atoms with Crippen molar-refractivity contribution in [1.29, 1.82) is 0 Å². The van der Waals surface area contributed by atoms with Crippen LogP contribution in [0.1, 0.15) is 34.6 Å². The molecule has 0 radical (unpaired) electrons. The third-order valence-corrected chi connectivity index (χ3v) is 4.10. The average Bonchev–Trinajstić information content (AvgIpc) is 2.51. The number of aromatic nitrogens is 1. The van der Waals surface area contributed by atoms with E-state index < -0.39 is 7.12 Å². The molecule has 1 fully saturated rings. The van der Waals surface area contributed by atoms with Gasteiger partial charge in [-0.2, -0.15) is 0 Å². The van der Waals surface area contributed by atoms with E-state index in [0.29, 0.717) is 11.6 Å². The molecule has 0 spiro atoms. The quantitative estimate of drug-likeness (QED) is 0.807. The molecular formula is C13H21BN2O2. The zero-order valence-corrected chi connectivity index (χ0v) is 11.7. The van der Waals surface area contributed by atoms with Crippen LogP contribution in [0.5, 0.6) is 0 Å². The van der Waals surface area contributed by atoms with Gasteiger partial charge in [-0.3, -0.25) is 4.98 Å². The fourth-order valence-corrected chi connectivity index (χ4v) is 2.35. The van der Waals surface area contributed by atoms with Gasteiger partial charge in [0.05, 0.1) is 11.2 Å². The Hall–Kier alpha value is -1.07. The highest BCUT2D eigenvalue weighted by molar-refractivity contribution is 6.62. The maximum atomic E-state index is 6.15. The Balaban J connectivity index is 2.31. The molecule has 0 aromatic carbocycles. The van der Waals surface area contributed by atoms with Gasteiger partial charge in [-0.15, -0.1) is 0 Å². The number of nitrogens with two attached hydrogens (primary N) is 1. The summed E-state index contributed by atoms with van der Waals surface area (Å²) in [5, 5.41) is 0. The Morgan fingerprint density at radius 2 is 1.89 bits per heavy atom. The fourth-order valence-electron chi connectivity index (χ4n) is 2.35. The highest BCUT2D eigenvalue weighted by Crippen LogP contribution is 2.42. The van der Waals surface area contributed by atoms with Gasteiger partial charge in [-0.25, -0.2) is 0 Å². The molecule has 1 unspecified atom stereocenters. The van der Waals surface area contributed by atoms with Crippen LogP contribution in [0.3, 0.4) is 0 Å². The van der Waals surface area contributed by atoms with Gasteiger partial charge in [0, 0.05) is 23.5 Å². The maximum absolute atomic E-state index is 6.15. The summed E-state index contributed by atoms with van der Waals surface area (Å²) in [7, 11) is -0.400. The first-order valence-electron chi connectivity index (χ1n) is 6.32. The molecule has 98 valence electrons. The maximum Gasteiger partial charge on any atom is 0.496 e. The van der Waals surface area contributed by atoms with Crippen molar-refractivity contribution in [3.8, 4) is 0 Å². The molecule has 4 nitrogen and oxygen atoms in total. The van der Waals surface area contributed by atoms with Crippen molar-refractivity contribution in [2.24, 2.45) is 5.92 Å². The summed E-state index contributed by atoms with van der Waals surface area (Å²) >= 11 is 0. The van der Waals surface area contributed by atoms with E-state index in [2.05, 4.69) is 39.6 Å². The molecule has 0 aliphatic carbocycles. The Labute approximate surface area is 109 Å². The van der Waals surface area contributed by atoms with Crippen LogP contribution in [0.15, 0.2) is 18.5 Å². The molecule has 2 rings (SSSR count). The Morgan fingerprint density at radius 3 is 2.39 bits per heavy atom. The van der Waals surface area contributed by atoms with Crippen molar-refractivity contribution in [3.05, 3.63) is 18.5 Å². The van der Waals surface area contributed by atoms with Crippen LogP contribution in [-0.4, -0.2) is 23.3 Å². The second-order valence-electron chi connectivity index (χ2n) is 5.89. The number of anilines is 1. The first-order chi connectivity index (χ1) is 8.26. The summed E-state index contributed by atoms with van der Waals surface area (Å²) in [5.74, 6) is 0.353. The number of rotatable bonds is 2. The summed E-state index contributed by atoms with van der Waals surface area (Å²) < 4.78 is 12.2. The van der Waals surface area contributed by atoms with Gasteiger partial charge in [-0.05, 0) is 32.8 Å². The summed E-state index contributed by atoms with van der Waals surface area (Å²) in [6, 6.07) is 1.85. The standard InChI is InChI=1S/C13H21BN2O2/c1-9(2)13(5)12(3,4)17-14(18-13)10-6-11(15)8-16-7-10/h6-9H,15H2,1-5H3. The largest absolute Gasteiger partial charge is 0.496 e. The summed E-state index contributed by atoms with van der Waals surface area (Å²) in [6.45, 7) is 10.5. The van der Waals surface area contributed by atoms with Crippen LogP contribution in [0.2, 0.25) is 0 Å². The topological polar surface area (TPSA) is 57.4 Å². The number of nitrogen functional groups attached to an aromatic ring is 1. The van der Waals surface area contributed by atoms with E-state index in [1.807, 2.05) is 6.07 Å². The van der Waals surface area contributed by atoms with E-state index in [1.54, 1.807) is 12.4 Å². The number of nitrogens with zero attached hydrogens (tertiary/aromatic N) is 1. The van der Waals surface area contributed by atoms with Gasteiger partial charge in [0.2, 0.25) is 0 Å². The molecule has 0 amide bonds. The third-order valence-electron chi connectivity index (χ3n) is 4.10. The number of hydrogen-bond donors (Lipinski definition) is 1. The lowest BCUT2D eigenvalue weighted by Gasteiger charge is -2.39. The van der Waals surface area contributed by atoms with Gasteiger partial charge < -0.3 is 15.0 Å². The second-order valence-corrected chi connectivity index (χ2v) is 5.89. The van der Waals surface area contributed by atoms with Crippen molar-refractivity contribution in [1.82, 2.24) is 4.98 Å². The van der Waals surface area contributed by atoms with E-state index in [-0.39, 0.29) is 11.2 Å². The lowest BCUT2D eigenvalue weighted by atomic mass is 9.78. The zero-order valence-electron chi connectivity index (χ0n) is 11.7. The minimum absolute atomic E-state index is 0.331. The third kappa shape index (κ3) is 2.02. The molecule has 1 saturated heterocycles. The lowest BCUT2D eigenvalue weighted by molar-refractivity contribution is -0.0435. The molecule has 18 heavy (non-hydrogen) atoms. The molecule has 2 heterocycles. The first-order valence-corrected chi connectivity index (χ1v) is 6.32. The van der Waals surface area contributed by atoms with Crippen LogP contribution in [0, 0.1) is 5.92 Å². The molecular weight excluding hydrogens is 227 g/mol. The number of hydrogen-bond acceptors (Lipinski definition) is 4. The molecule has 0 bridgehead atoms. The normalized spacial score (nSPS) is 26.9. The van der Waals surface area contributed by atoms with Crippen molar-refractivity contribution >= 4 is 18.3 Å². The molecule has 2 N–H and O–H groups in total. The molecule has 1 aliphatic heterocycles. The highest BCUT2D eigenvalue weighted by Gasteiger charge is 2.56. The number of pyridine rings is 1. The molecule has 1 aliphatic rings. The van der Waals surface area contributed by atoms with Crippen LogP contribution >= 0.6 is 0 Å². The minimum Gasteiger partial charge on any atom is -0.399 e. The van der Waals surface area contributed by atoms with E-state index in [0.717, 1.165) is 5.46 Å². The van der Waals surface area contributed by atoms with Crippen molar-refractivity contribution in [2.75, 3.05) is 5.73 Å². The van der Waals surface area contributed by atoms with E-state index in [9.17, 15) is 0 Å². The average molecular weight is 248 g/mol. The van der Waals surface area contributed by atoms with Gasteiger partial charge in [0.15, 0.2) is 0 Å². The molecule has 1 aromatic heterocycles. The van der Waals surface area contributed by atoms with Crippen molar-refractivity contribution in [2.45, 2.75) is 45.8 Å². The fraction of sp³-hybridized carbons (Fsp3) is 0.615. The Kier molecular flexibility index (Phi) is 3.15. The zero-order chi connectivity index (χ0) is 13.6. The van der Waals surface area contributed by atoms with Crippen LogP contribution in [0.4, 0.5) is 5.69 Å². The van der Waals surface area contributed by atoms with Gasteiger partial charge >= 0.3 is 7.12 Å². The summed E-state index contributed by atoms with van der Waals surface area (Å²) in [5.41, 5.74) is 6.55. The van der Waals surface area contributed by atoms with E-state index in [4.69, 9.17) is 15.0 Å². The lowest BCUT2D eigenvalue weighted by Crippen LogP contribution is -2.48. The highest BCUT2D eigenvalue weighted by atomic mass is 16.7. The molecule has 1 atom stereocenters. The Bertz CT molecular complexity index is 450. The predicted octanol–water partition coefficient (Wildman–Crippen LogP) is 1.60. The van der Waals surface area contributed by atoms with Gasteiger partial charge in [-0.1, -0.05) is 13.8 Å². The minimum atomic E-state index is -0.400. The second kappa shape index (κ2) is 4.25. The monoisotopic (exact) mass is 248 g/mol. The van der Waals surface area contributed by atoms with Crippen LogP contribution in [0.25, 0.3) is 0 Å². The summed E-state index contributed by atoms with van der Waals surface area (Å²) in [4.78, 5) is 4.08. The Morgan fingerprint density at radius 1 is 1.22 bits per heavy atom. The van der Waals surface area contributed by atoms with Crippen LogP contribution < -0.4 is 11.2 Å². The van der Waals surface area contributed by atoms with Crippen molar-refractivity contribution in [3.63, 3.8) is 0 Å². The predicted molar refractivity (Wildman–Crippen MR) is 73.5 cm³/mol. The first kappa shape index (κ1) is 13.4. The summed E-state index contributed by atoms with van der Waals surface area (Å²) in [6.07, 6.45) is 3.36. The van der Waals surface area contributed by atoms with E-state index in [1.165, 1.54) is 0 Å². The molecule has 0 saturated carbocycles. The van der Waals surface area contributed by atoms with Crippen LogP contribution in [-0.2, 0) is 9.31 Å². The van der Waals surface area contributed by atoms with Gasteiger partial charge in [0.1, 0.15) is 0 Å². The smallest absolute Gasteiger partial charge is 0.399 e. The SMILES string of the molecule is CC(C)C1(C)OB(c2cncc(N)c2)OC1(C)C.